The van der Waals surface area contributed by atoms with Gasteiger partial charge in [0.05, 0.1) is 18.2 Å². The molecule has 1 N–H and O–H groups in total. The minimum absolute atomic E-state index is 0.0751. The maximum atomic E-state index is 12.5. The first-order valence-corrected chi connectivity index (χ1v) is 7.43. The zero-order valence-corrected chi connectivity index (χ0v) is 13.0. The first-order valence-electron chi connectivity index (χ1n) is 7.05. The molecule has 0 bridgehead atoms. The van der Waals surface area contributed by atoms with Crippen LogP contribution in [0, 0.1) is 6.92 Å². The fourth-order valence-corrected chi connectivity index (χ4v) is 3.17. The number of carbonyl (C=O) groups excluding carboxylic acids is 1. The molecule has 0 spiro atoms. The second-order valence-corrected chi connectivity index (χ2v) is 5.98. The van der Waals surface area contributed by atoms with Gasteiger partial charge < -0.3 is 10.0 Å². The molecule has 0 aliphatic carbocycles. The maximum Gasteiger partial charge on any atom is 0.227 e. The van der Waals surface area contributed by atoms with Gasteiger partial charge in [-0.25, -0.2) is 0 Å². The van der Waals surface area contributed by atoms with E-state index in [0.717, 1.165) is 30.6 Å². The summed E-state index contributed by atoms with van der Waals surface area (Å²) in [5, 5.41) is 14.3. The number of likely N-dealkylation sites (tertiary alicyclic amines) is 1. The summed E-state index contributed by atoms with van der Waals surface area (Å²) in [6.45, 7) is 4.40. The van der Waals surface area contributed by atoms with Crippen LogP contribution in [0.5, 0.6) is 0 Å². The van der Waals surface area contributed by atoms with Gasteiger partial charge in [-0.1, -0.05) is 11.6 Å². The predicted octanol–water partition coefficient (Wildman–Crippen LogP) is 1.69. The van der Waals surface area contributed by atoms with E-state index in [1.165, 1.54) is 0 Å². The number of carbonyl (C=O) groups is 1. The fraction of sp³-hybridized carbons (Fsp3) is 0.714. The van der Waals surface area contributed by atoms with Crippen LogP contribution in [-0.4, -0.2) is 44.4 Å². The van der Waals surface area contributed by atoms with Gasteiger partial charge in [-0.15, -0.1) is 0 Å². The molecule has 20 heavy (non-hydrogen) atoms. The zero-order chi connectivity index (χ0) is 14.9. The Morgan fingerprint density at radius 1 is 1.60 bits per heavy atom. The van der Waals surface area contributed by atoms with Crippen LogP contribution in [0.25, 0.3) is 0 Å². The van der Waals surface area contributed by atoms with Gasteiger partial charge in [0, 0.05) is 25.2 Å². The Bertz CT molecular complexity index is 499. The molecule has 2 heterocycles. The maximum absolute atomic E-state index is 12.5. The molecule has 1 amide bonds. The van der Waals surface area contributed by atoms with Gasteiger partial charge in [0.15, 0.2) is 0 Å². The second-order valence-electron chi connectivity index (χ2n) is 5.62. The normalized spacial score (nSPS) is 20.4. The largest absolute Gasteiger partial charge is 0.393 e. The van der Waals surface area contributed by atoms with Crippen molar-refractivity contribution in [1.82, 2.24) is 14.7 Å². The molecule has 1 aliphatic rings. The van der Waals surface area contributed by atoms with Crippen LogP contribution in [-0.2, 0) is 18.3 Å². The Kier molecular flexibility index (Phi) is 4.70. The third kappa shape index (κ3) is 3.15. The molecule has 112 valence electrons. The lowest BCUT2D eigenvalue weighted by Crippen LogP contribution is -2.38. The third-order valence-corrected chi connectivity index (χ3v) is 4.38. The zero-order valence-electron chi connectivity index (χ0n) is 12.3. The number of nitrogens with zero attached hydrogens (tertiary/aromatic N) is 3. The highest BCUT2D eigenvalue weighted by atomic mass is 35.5. The van der Waals surface area contributed by atoms with E-state index in [4.69, 9.17) is 11.6 Å². The van der Waals surface area contributed by atoms with Crippen LogP contribution in [0.15, 0.2) is 0 Å². The number of aliphatic hydroxyl groups is 1. The number of amides is 1. The van der Waals surface area contributed by atoms with Gasteiger partial charge in [0.25, 0.3) is 0 Å². The minimum atomic E-state index is -0.378. The molecule has 2 unspecified atom stereocenters. The van der Waals surface area contributed by atoms with Crippen molar-refractivity contribution in [2.24, 2.45) is 7.05 Å². The molecule has 5 nitrogen and oxygen atoms in total. The highest BCUT2D eigenvalue weighted by Gasteiger charge is 2.30. The van der Waals surface area contributed by atoms with Gasteiger partial charge in [-0.3, -0.25) is 9.48 Å². The Morgan fingerprint density at radius 2 is 2.30 bits per heavy atom. The number of hydrogen-bond donors (Lipinski definition) is 1. The van der Waals surface area contributed by atoms with Crippen molar-refractivity contribution in [3.8, 4) is 0 Å². The number of hydrogen-bond acceptors (Lipinski definition) is 3. The van der Waals surface area contributed by atoms with E-state index >= 15 is 0 Å². The van der Waals surface area contributed by atoms with E-state index in [2.05, 4.69) is 5.10 Å². The van der Waals surface area contributed by atoms with Crippen molar-refractivity contribution in [2.45, 2.75) is 51.7 Å². The Balaban J connectivity index is 2.07. The first kappa shape index (κ1) is 15.3. The lowest BCUT2D eigenvalue weighted by Gasteiger charge is -2.25. The summed E-state index contributed by atoms with van der Waals surface area (Å²) in [7, 11) is 1.77. The highest BCUT2D eigenvalue weighted by Crippen LogP contribution is 2.25. The number of aliphatic hydroxyl groups excluding tert-OH is 1. The SMILES string of the molecule is Cc1nn(C)c(Cl)c1CC(=O)N1CCCC1CC(C)O. The fourth-order valence-electron chi connectivity index (χ4n) is 2.93. The molecule has 1 aliphatic heterocycles. The molecule has 1 fully saturated rings. The summed E-state index contributed by atoms with van der Waals surface area (Å²) in [5.41, 5.74) is 1.61. The summed E-state index contributed by atoms with van der Waals surface area (Å²) in [6, 6.07) is 0.151. The van der Waals surface area contributed by atoms with Gasteiger partial charge in [-0.05, 0) is 33.1 Å². The highest BCUT2D eigenvalue weighted by molar-refractivity contribution is 6.30. The molecule has 2 rings (SSSR count). The lowest BCUT2D eigenvalue weighted by molar-refractivity contribution is -0.131. The molecule has 1 aromatic heterocycles. The van der Waals surface area contributed by atoms with Crippen LogP contribution >= 0.6 is 11.6 Å². The molecule has 6 heteroatoms. The summed E-state index contributed by atoms with van der Waals surface area (Å²) in [5.74, 6) is 0.0751. The molecular weight excluding hydrogens is 278 g/mol. The molecule has 0 saturated carbocycles. The average Bonchev–Trinajstić information content (AvgIpc) is 2.89. The quantitative estimate of drug-likeness (QED) is 0.920. The third-order valence-electron chi connectivity index (χ3n) is 3.91. The van der Waals surface area contributed by atoms with Crippen molar-refractivity contribution < 1.29 is 9.90 Å². The summed E-state index contributed by atoms with van der Waals surface area (Å²) >= 11 is 6.18. The van der Waals surface area contributed by atoms with Gasteiger partial charge >= 0.3 is 0 Å². The topological polar surface area (TPSA) is 58.4 Å². The predicted molar refractivity (Wildman–Crippen MR) is 77.7 cm³/mol. The van der Waals surface area contributed by atoms with Gasteiger partial charge in [-0.2, -0.15) is 5.10 Å². The monoisotopic (exact) mass is 299 g/mol. The molecule has 0 radical (unpaired) electrons. The number of halogens is 1. The molecule has 1 saturated heterocycles. The second kappa shape index (κ2) is 6.14. The van der Waals surface area contributed by atoms with E-state index in [1.54, 1.807) is 18.7 Å². The van der Waals surface area contributed by atoms with Crippen molar-refractivity contribution in [3.05, 3.63) is 16.4 Å². The number of aryl methyl sites for hydroxylation is 2. The van der Waals surface area contributed by atoms with E-state index in [0.29, 0.717) is 11.6 Å². The molecule has 1 aromatic rings. The standard InChI is InChI=1S/C14H22ClN3O2/c1-9(19)7-11-5-4-6-18(11)13(20)8-12-10(2)16-17(3)14(12)15/h9,11,19H,4-8H2,1-3H3. The summed E-state index contributed by atoms with van der Waals surface area (Å²) < 4.78 is 1.59. The summed E-state index contributed by atoms with van der Waals surface area (Å²) in [6.07, 6.45) is 2.52. The number of aromatic nitrogens is 2. The smallest absolute Gasteiger partial charge is 0.227 e. The average molecular weight is 300 g/mol. The molecule has 0 aromatic carbocycles. The van der Waals surface area contributed by atoms with Crippen LogP contribution in [0.4, 0.5) is 0 Å². The van der Waals surface area contributed by atoms with Crippen molar-refractivity contribution >= 4 is 17.5 Å². The Morgan fingerprint density at radius 3 is 2.85 bits per heavy atom. The van der Waals surface area contributed by atoms with E-state index in [-0.39, 0.29) is 24.5 Å². The summed E-state index contributed by atoms with van der Waals surface area (Å²) in [4.78, 5) is 14.4. The van der Waals surface area contributed by atoms with Crippen LogP contribution in [0.1, 0.15) is 37.4 Å². The first-order chi connectivity index (χ1) is 9.40. The number of rotatable bonds is 4. The van der Waals surface area contributed by atoms with Gasteiger partial charge in [0.2, 0.25) is 5.91 Å². The lowest BCUT2D eigenvalue weighted by atomic mass is 10.1. The van der Waals surface area contributed by atoms with E-state index in [1.807, 2.05) is 11.8 Å². The van der Waals surface area contributed by atoms with E-state index in [9.17, 15) is 9.90 Å². The van der Waals surface area contributed by atoms with E-state index < -0.39 is 0 Å². The van der Waals surface area contributed by atoms with Gasteiger partial charge in [0.1, 0.15) is 5.15 Å². The Hall–Kier alpha value is -1.07. The Labute approximate surface area is 124 Å². The van der Waals surface area contributed by atoms with Crippen LogP contribution in [0.2, 0.25) is 5.15 Å². The van der Waals surface area contributed by atoms with Crippen molar-refractivity contribution in [2.75, 3.05) is 6.54 Å². The molecule has 2 atom stereocenters. The van der Waals surface area contributed by atoms with Crippen LogP contribution < -0.4 is 0 Å². The van der Waals surface area contributed by atoms with Crippen molar-refractivity contribution in [3.63, 3.8) is 0 Å². The molecular formula is C14H22ClN3O2. The van der Waals surface area contributed by atoms with Crippen molar-refractivity contribution in [1.29, 1.82) is 0 Å². The van der Waals surface area contributed by atoms with Crippen LogP contribution in [0.3, 0.4) is 0 Å². The minimum Gasteiger partial charge on any atom is -0.393 e.